The molecule has 0 saturated heterocycles. The van der Waals surface area contributed by atoms with Gasteiger partial charge in [0.1, 0.15) is 0 Å². The van der Waals surface area contributed by atoms with Crippen LogP contribution in [-0.2, 0) is 0 Å². The van der Waals surface area contributed by atoms with Crippen LogP contribution in [0.25, 0.3) is 5.57 Å². The molecule has 4 heteroatoms. The fourth-order valence-corrected chi connectivity index (χ4v) is 1.36. The average molecular weight is 165 g/mol. The molecule has 2 rings (SSSR count). The highest BCUT2D eigenvalue weighted by Gasteiger charge is 2.11. The summed E-state index contributed by atoms with van der Waals surface area (Å²) in [5.74, 6) is 0.420. The molecule has 1 aliphatic rings. The molecule has 0 unspecified atom stereocenters. The van der Waals surface area contributed by atoms with E-state index in [0.717, 1.165) is 25.1 Å². The molecule has 64 valence electrons. The molecule has 0 spiro atoms. The lowest BCUT2D eigenvalue weighted by atomic mass is 10.0. The van der Waals surface area contributed by atoms with Gasteiger partial charge in [0, 0.05) is 6.54 Å². The minimum atomic E-state index is 0.420. The summed E-state index contributed by atoms with van der Waals surface area (Å²) < 4.78 is 4.78. The van der Waals surface area contributed by atoms with Gasteiger partial charge in [-0.2, -0.15) is 0 Å². The predicted octanol–water partition coefficient (Wildman–Crippen LogP) is 0.633. The van der Waals surface area contributed by atoms with Gasteiger partial charge >= 0.3 is 0 Å². The van der Waals surface area contributed by atoms with E-state index in [9.17, 15) is 0 Å². The largest absolute Gasteiger partial charge is 0.367 e. The van der Waals surface area contributed by atoms with E-state index in [1.165, 1.54) is 5.57 Å². The molecule has 12 heavy (non-hydrogen) atoms. The van der Waals surface area contributed by atoms with Crippen molar-refractivity contribution in [3.63, 3.8) is 0 Å². The van der Waals surface area contributed by atoms with Crippen molar-refractivity contribution < 1.29 is 4.52 Å². The lowest BCUT2D eigenvalue weighted by Gasteiger charge is -2.11. The quantitative estimate of drug-likeness (QED) is 0.640. The van der Waals surface area contributed by atoms with Gasteiger partial charge in [0.25, 0.3) is 0 Å². The van der Waals surface area contributed by atoms with Crippen molar-refractivity contribution in [2.24, 2.45) is 0 Å². The van der Waals surface area contributed by atoms with E-state index in [4.69, 9.17) is 10.3 Å². The fourth-order valence-electron chi connectivity index (χ4n) is 1.36. The van der Waals surface area contributed by atoms with Crippen molar-refractivity contribution in [3.05, 3.63) is 17.8 Å². The molecule has 2 heterocycles. The summed E-state index contributed by atoms with van der Waals surface area (Å²) in [5.41, 5.74) is 7.75. The number of nitrogens with zero attached hydrogens (tertiary/aromatic N) is 1. The van der Waals surface area contributed by atoms with Gasteiger partial charge in [-0.15, -0.1) is 0 Å². The number of aromatic nitrogens is 1. The Morgan fingerprint density at radius 1 is 1.58 bits per heavy atom. The van der Waals surface area contributed by atoms with Crippen LogP contribution in [-0.4, -0.2) is 18.2 Å². The van der Waals surface area contributed by atoms with Gasteiger partial charge in [-0.1, -0.05) is 11.2 Å². The van der Waals surface area contributed by atoms with Crippen LogP contribution in [0.4, 0.5) is 5.88 Å². The molecule has 0 atom stereocenters. The van der Waals surface area contributed by atoms with E-state index in [0.29, 0.717) is 5.88 Å². The van der Waals surface area contributed by atoms with Crippen LogP contribution in [0, 0.1) is 0 Å². The Kier molecular flexibility index (Phi) is 1.83. The summed E-state index contributed by atoms with van der Waals surface area (Å²) in [6, 6.07) is 0. The van der Waals surface area contributed by atoms with E-state index in [1.54, 1.807) is 6.20 Å². The normalized spacial score (nSPS) is 17.5. The molecule has 1 aromatic rings. The van der Waals surface area contributed by atoms with Crippen molar-refractivity contribution in [2.75, 3.05) is 18.8 Å². The molecular formula is C8H11N3O. The third kappa shape index (κ3) is 1.21. The molecule has 1 aromatic heterocycles. The summed E-state index contributed by atoms with van der Waals surface area (Å²) in [6.07, 6.45) is 4.78. The van der Waals surface area contributed by atoms with Gasteiger partial charge in [-0.05, 0) is 18.5 Å². The van der Waals surface area contributed by atoms with Crippen LogP contribution in [0.15, 0.2) is 16.8 Å². The maximum absolute atomic E-state index is 5.58. The average Bonchev–Trinajstić information content (AvgIpc) is 2.53. The highest BCUT2D eigenvalue weighted by atomic mass is 16.5. The van der Waals surface area contributed by atoms with Crippen LogP contribution in [0.5, 0.6) is 0 Å². The summed E-state index contributed by atoms with van der Waals surface area (Å²) in [7, 11) is 0. The van der Waals surface area contributed by atoms with Crippen molar-refractivity contribution in [1.82, 2.24) is 10.5 Å². The van der Waals surface area contributed by atoms with Crippen molar-refractivity contribution in [2.45, 2.75) is 6.42 Å². The fraction of sp³-hybridized carbons (Fsp3) is 0.375. The molecule has 3 N–H and O–H groups in total. The Morgan fingerprint density at radius 3 is 3.08 bits per heavy atom. The molecule has 0 amide bonds. The molecule has 0 aromatic carbocycles. The van der Waals surface area contributed by atoms with E-state index in [1.807, 2.05) is 0 Å². The van der Waals surface area contributed by atoms with Gasteiger partial charge in [-0.25, -0.2) is 0 Å². The minimum absolute atomic E-state index is 0.420. The molecular weight excluding hydrogens is 154 g/mol. The smallest absolute Gasteiger partial charge is 0.229 e. The Balaban J connectivity index is 2.29. The Labute approximate surface area is 70.4 Å². The Morgan fingerprint density at radius 2 is 2.50 bits per heavy atom. The molecule has 0 saturated carbocycles. The van der Waals surface area contributed by atoms with Crippen LogP contribution in [0.3, 0.4) is 0 Å². The van der Waals surface area contributed by atoms with Gasteiger partial charge in [0.05, 0.1) is 11.8 Å². The summed E-state index contributed by atoms with van der Waals surface area (Å²) in [5, 5.41) is 6.86. The summed E-state index contributed by atoms with van der Waals surface area (Å²) in [4.78, 5) is 0. The minimum Gasteiger partial charge on any atom is -0.367 e. The topological polar surface area (TPSA) is 64.1 Å². The summed E-state index contributed by atoms with van der Waals surface area (Å²) in [6.45, 7) is 1.90. The SMILES string of the molecule is Nc1oncc1C1=CCNCC1. The van der Waals surface area contributed by atoms with E-state index < -0.39 is 0 Å². The summed E-state index contributed by atoms with van der Waals surface area (Å²) >= 11 is 0. The predicted molar refractivity (Wildman–Crippen MR) is 46.4 cm³/mol. The van der Waals surface area contributed by atoms with Gasteiger partial charge in [-0.3, -0.25) is 0 Å². The monoisotopic (exact) mass is 165 g/mol. The molecule has 0 bridgehead atoms. The Bertz CT molecular complexity index is 303. The number of nitrogen functional groups attached to an aromatic ring is 1. The second-order valence-electron chi connectivity index (χ2n) is 2.79. The highest BCUT2D eigenvalue weighted by molar-refractivity contribution is 5.72. The number of nitrogens with two attached hydrogens (primary N) is 1. The van der Waals surface area contributed by atoms with E-state index >= 15 is 0 Å². The molecule has 4 nitrogen and oxygen atoms in total. The lowest BCUT2D eigenvalue weighted by Crippen LogP contribution is -2.20. The number of hydrogen-bond acceptors (Lipinski definition) is 4. The first-order valence-corrected chi connectivity index (χ1v) is 3.98. The highest BCUT2D eigenvalue weighted by Crippen LogP contribution is 2.24. The third-order valence-corrected chi connectivity index (χ3v) is 2.01. The van der Waals surface area contributed by atoms with Crippen molar-refractivity contribution >= 4 is 11.5 Å². The number of hydrogen-bond donors (Lipinski definition) is 2. The molecule has 0 radical (unpaired) electrons. The van der Waals surface area contributed by atoms with Crippen LogP contribution < -0.4 is 11.1 Å². The van der Waals surface area contributed by atoms with Crippen LogP contribution in [0.2, 0.25) is 0 Å². The third-order valence-electron chi connectivity index (χ3n) is 2.01. The maximum atomic E-state index is 5.58. The zero-order valence-electron chi connectivity index (χ0n) is 6.71. The van der Waals surface area contributed by atoms with Crippen LogP contribution in [0.1, 0.15) is 12.0 Å². The van der Waals surface area contributed by atoms with Gasteiger partial charge in [0.15, 0.2) is 0 Å². The second-order valence-corrected chi connectivity index (χ2v) is 2.79. The zero-order valence-corrected chi connectivity index (χ0v) is 6.71. The Hall–Kier alpha value is -1.29. The van der Waals surface area contributed by atoms with Crippen molar-refractivity contribution in [3.8, 4) is 0 Å². The standard InChI is InChI=1S/C8H11N3O/c9-8-7(5-11-12-8)6-1-3-10-4-2-6/h1,5,10H,2-4,9H2. The van der Waals surface area contributed by atoms with Crippen LogP contribution >= 0.6 is 0 Å². The number of rotatable bonds is 1. The first-order chi connectivity index (χ1) is 5.88. The molecule has 1 aliphatic heterocycles. The van der Waals surface area contributed by atoms with E-state index in [2.05, 4.69) is 16.5 Å². The first-order valence-electron chi connectivity index (χ1n) is 3.98. The number of anilines is 1. The number of nitrogens with one attached hydrogen (secondary N) is 1. The maximum Gasteiger partial charge on any atom is 0.229 e. The van der Waals surface area contributed by atoms with Gasteiger partial charge in [0.2, 0.25) is 5.88 Å². The first kappa shape index (κ1) is 7.36. The lowest BCUT2D eigenvalue weighted by molar-refractivity contribution is 0.436. The second kappa shape index (κ2) is 2.98. The zero-order chi connectivity index (χ0) is 8.39. The van der Waals surface area contributed by atoms with E-state index in [-0.39, 0.29) is 0 Å². The van der Waals surface area contributed by atoms with Gasteiger partial charge < -0.3 is 15.6 Å². The molecule has 0 fully saturated rings. The van der Waals surface area contributed by atoms with Crippen molar-refractivity contribution in [1.29, 1.82) is 0 Å². The molecule has 0 aliphatic carbocycles.